The van der Waals surface area contributed by atoms with Gasteiger partial charge in [0.1, 0.15) is 0 Å². The molecule has 0 saturated heterocycles. The molecule has 0 aliphatic carbocycles. The maximum absolute atomic E-state index is 12.7. The molecule has 0 atom stereocenters. The second-order valence-corrected chi connectivity index (χ2v) is 6.22. The molecule has 2 aromatic heterocycles. The predicted octanol–water partition coefficient (Wildman–Crippen LogP) is 3.50. The Bertz CT molecular complexity index is 852. The van der Waals surface area contributed by atoms with Crippen molar-refractivity contribution in [1.82, 2.24) is 20.1 Å². The fourth-order valence-electron chi connectivity index (χ4n) is 2.62. The van der Waals surface area contributed by atoms with Crippen molar-refractivity contribution in [2.45, 2.75) is 27.3 Å². The third-order valence-corrected chi connectivity index (χ3v) is 3.89. The molecule has 124 valence electrons. The second kappa shape index (κ2) is 6.83. The molecule has 0 saturated carbocycles. The number of carbonyl (C=O) groups is 1. The first-order chi connectivity index (χ1) is 11.6. The van der Waals surface area contributed by atoms with E-state index in [1.54, 1.807) is 6.20 Å². The van der Waals surface area contributed by atoms with E-state index in [0.29, 0.717) is 24.6 Å². The molecule has 2 heterocycles. The minimum Gasteiger partial charge on any atom is -0.352 e. The summed E-state index contributed by atoms with van der Waals surface area (Å²) >= 11 is 0. The van der Waals surface area contributed by atoms with Crippen LogP contribution in [0.15, 0.2) is 42.6 Å². The van der Waals surface area contributed by atoms with Crippen LogP contribution in [0.2, 0.25) is 0 Å². The normalized spacial score (nSPS) is 11.2. The molecule has 0 aliphatic rings. The Balaban J connectivity index is 2.12. The van der Waals surface area contributed by atoms with Crippen LogP contribution < -0.4 is 5.32 Å². The number of nitrogens with one attached hydrogen (secondary N) is 1. The fourth-order valence-corrected chi connectivity index (χ4v) is 2.62. The molecule has 3 rings (SSSR count). The topological polar surface area (TPSA) is 59.8 Å². The van der Waals surface area contributed by atoms with Crippen LogP contribution >= 0.6 is 0 Å². The van der Waals surface area contributed by atoms with Gasteiger partial charge in [0.15, 0.2) is 5.65 Å². The lowest BCUT2D eigenvalue weighted by Gasteiger charge is -2.10. The Morgan fingerprint density at radius 1 is 1.25 bits per heavy atom. The number of rotatable bonds is 5. The van der Waals surface area contributed by atoms with Gasteiger partial charge < -0.3 is 5.32 Å². The molecule has 0 spiro atoms. The lowest BCUT2D eigenvalue weighted by molar-refractivity contribution is 0.0950. The Morgan fingerprint density at radius 3 is 2.67 bits per heavy atom. The number of aryl methyl sites for hydroxylation is 1. The first-order valence-corrected chi connectivity index (χ1v) is 8.30. The maximum atomic E-state index is 12.7. The van der Waals surface area contributed by atoms with Crippen molar-refractivity contribution in [3.8, 4) is 11.3 Å². The van der Waals surface area contributed by atoms with Crippen LogP contribution in [0.3, 0.4) is 0 Å². The highest BCUT2D eigenvalue weighted by Crippen LogP contribution is 2.24. The van der Waals surface area contributed by atoms with Crippen LogP contribution in [-0.2, 0) is 6.54 Å². The number of benzene rings is 1. The van der Waals surface area contributed by atoms with Crippen LogP contribution in [0.25, 0.3) is 22.3 Å². The zero-order valence-electron chi connectivity index (χ0n) is 14.3. The van der Waals surface area contributed by atoms with E-state index in [1.165, 1.54) is 0 Å². The zero-order valence-corrected chi connectivity index (χ0v) is 14.3. The molecule has 1 N–H and O–H groups in total. The summed E-state index contributed by atoms with van der Waals surface area (Å²) in [6.07, 6.45) is 1.73. The molecule has 0 fully saturated rings. The van der Waals surface area contributed by atoms with Crippen molar-refractivity contribution in [2.75, 3.05) is 6.54 Å². The highest BCUT2D eigenvalue weighted by Gasteiger charge is 2.17. The van der Waals surface area contributed by atoms with E-state index in [1.807, 2.05) is 48.0 Å². The Labute approximate surface area is 141 Å². The van der Waals surface area contributed by atoms with Gasteiger partial charge in [-0.25, -0.2) is 9.67 Å². The molecular weight excluding hydrogens is 300 g/mol. The van der Waals surface area contributed by atoms with E-state index in [9.17, 15) is 4.79 Å². The van der Waals surface area contributed by atoms with Gasteiger partial charge in [-0.05, 0) is 18.9 Å². The van der Waals surface area contributed by atoms with Gasteiger partial charge in [0.05, 0.1) is 22.8 Å². The summed E-state index contributed by atoms with van der Waals surface area (Å²) in [6, 6.07) is 11.8. The molecule has 5 nitrogen and oxygen atoms in total. The van der Waals surface area contributed by atoms with Crippen LogP contribution in [0.4, 0.5) is 0 Å². The number of fused-ring (bicyclic) bond motifs is 1. The average Bonchev–Trinajstić information content (AvgIpc) is 3.02. The van der Waals surface area contributed by atoms with E-state index in [2.05, 4.69) is 24.3 Å². The second-order valence-electron chi connectivity index (χ2n) is 6.22. The highest BCUT2D eigenvalue weighted by molar-refractivity contribution is 6.06. The standard InChI is InChI=1S/C19H22N4O/c1-4-23-18-16(12-21-23)15(19(24)20-11-13(2)3)10-17(22-18)14-8-6-5-7-9-14/h5-10,12-13H,4,11H2,1-3H3,(H,20,24). The Morgan fingerprint density at radius 2 is 2.00 bits per heavy atom. The first kappa shape index (κ1) is 16.2. The van der Waals surface area contributed by atoms with Crippen molar-refractivity contribution < 1.29 is 4.79 Å². The summed E-state index contributed by atoms with van der Waals surface area (Å²) in [5, 5.41) is 8.14. The molecule has 1 aromatic carbocycles. The summed E-state index contributed by atoms with van der Waals surface area (Å²) in [6.45, 7) is 7.52. The average molecular weight is 322 g/mol. The van der Waals surface area contributed by atoms with Gasteiger partial charge in [0, 0.05) is 18.7 Å². The van der Waals surface area contributed by atoms with Crippen molar-refractivity contribution >= 4 is 16.9 Å². The number of aromatic nitrogens is 3. The molecule has 3 aromatic rings. The summed E-state index contributed by atoms with van der Waals surface area (Å²) in [4.78, 5) is 17.4. The van der Waals surface area contributed by atoms with Crippen molar-refractivity contribution in [2.24, 2.45) is 5.92 Å². The highest BCUT2D eigenvalue weighted by atomic mass is 16.1. The number of carbonyl (C=O) groups excluding carboxylic acids is 1. The van der Waals surface area contributed by atoms with Gasteiger partial charge in [0.25, 0.3) is 5.91 Å². The molecule has 0 aliphatic heterocycles. The van der Waals surface area contributed by atoms with E-state index < -0.39 is 0 Å². The SMILES string of the molecule is CCn1ncc2c(C(=O)NCC(C)C)cc(-c3ccccc3)nc21. The fraction of sp³-hybridized carbons (Fsp3) is 0.316. The molecule has 0 radical (unpaired) electrons. The molecule has 0 unspecified atom stereocenters. The van der Waals surface area contributed by atoms with Crippen molar-refractivity contribution in [3.05, 3.63) is 48.2 Å². The Kier molecular flexibility index (Phi) is 4.60. The lowest BCUT2D eigenvalue weighted by Crippen LogP contribution is -2.27. The van der Waals surface area contributed by atoms with Gasteiger partial charge in [-0.2, -0.15) is 5.10 Å². The van der Waals surface area contributed by atoms with Crippen LogP contribution in [0, 0.1) is 5.92 Å². The van der Waals surface area contributed by atoms with Gasteiger partial charge >= 0.3 is 0 Å². The lowest BCUT2D eigenvalue weighted by atomic mass is 10.1. The Hall–Kier alpha value is -2.69. The molecule has 0 bridgehead atoms. The van der Waals surface area contributed by atoms with E-state index in [0.717, 1.165) is 22.3 Å². The van der Waals surface area contributed by atoms with Crippen LogP contribution in [0.5, 0.6) is 0 Å². The molecule has 24 heavy (non-hydrogen) atoms. The van der Waals surface area contributed by atoms with Gasteiger partial charge in [-0.3, -0.25) is 4.79 Å². The minimum absolute atomic E-state index is 0.0797. The first-order valence-electron chi connectivity index (χ1n) is 8.30. The summed E-state index contributed by atoms with van der Waals surface area (Å²) in [5.74, 6) is 0.321. The van der Waals surface area contributed by atoms with E-state index >= 15 is 0 Å². The smallest absolute Gasteiger partial charge is 0.252 e. The predicted molar refractivity (Wildman–Crippen MR) is 95.8 cm³/mol. The number of hydrogen-bond donors (Lipinski definition) is 1. The summed E-state index contributed by atoms with van der Waals surface area (Å²) < 4.78 is 1.82. The summed E-state index contributed by atoms with van der Waals surface area (Å²) in [7, 11) is 0. The number of nitrogens with zero attached hydrogens (tertiary/aromatic N) is 3. The number of hydrogen-bond acceptors (Lipinski definition) is 3. The van der Waals surface area contributed by atoms with Gasteiger partial charge in [-0.1, -0.05) is 44.2 Å². The van der Waals surface area contributed by atoms with Crippen LogP contribution in [0.1, 0.15) is 31.1 Å². The van der Waals surface area contributed by atoms with Gasteiger partial charge in [-0.15, -0.1) is 0 Å². The third-order valence-electron chi connectivity index (χ3n) is 3.89. The van der Waals surface area contributed by atoms with Crippen molar-refractivity contribution in [3.63, 3.8) is 0 Å². The van der Waals surface area contributed by atoms with E-state index in [-0.39, 0.29) is 5.91 Å². The summed E-state index contributed by atoms with van der Waals surface area (Å²) in [5.41, 5.74) is 3.14. The molecule has 1 amide bonds. The van der Waals surface area contributed by atoms with Crippen LogP contribution in [-0.4, -0.2) is 27.2 Å². The quantitative estimate of drug-likeness (QED) is 0.782. The van der Waals surface area contributed by atoms with Gasteiger partial charge in [0.2, 0.25) is 0 Å². The number of amides is 1. The molecular formula is C19H22N4O. The largest absolute Gasteiger partial charge is 0.352 e. The van der Waals surface area contributed by atoms with Crippen molar-refractivity contribution in [1.29, 1.82) is 0 Å². The number of pyridine rings is 1. The maximum Gasteiger partial charge on any atom is 0.252 e. The van der Waals surface area contributed by atoms with E-state index in [4.69, 9.17) is 4.98 Å². The molecule has 5 heteroatoms. The monoisotopic (exact) mass is 322 g/mol. The zero-order chi connectivity index (χ0) is 17.1. The minimum atomic E-state index is -0.0797. The third kappa shape index (κ3) is 3.15.